The van der Waals surface area contributed by atoms with Gasteiger partial charge in [0.25, 0.3) is 0 Å². The van der Waals surface area contributed by atoms with Crippen LogP contribution in [0.2, 0.25) is 0 Å². The van der Waals surface area contributed by atoms with E-state index in [0.717, 1.165) is 17.9 Å². The third kappa shape index (κ3) is 1.45. The smallest absolute Gasteiger partial charge is 0.0377 e. The van der Waals surface area contributed by atoms with Crippen LogP contribution in [0.1, 0.15) is 44.1 Å². The molecule has 0 radical (unpaired) electrons. The van der Waals surface area contributed by atoms with Crippen LogP contribution in [0.4, 0.5) is 5.69 Å². The standard InChI is InChI=1S/C14H19N/c1-10-11-6-2-4-8-13(11)15-14-9-5-3-7-12(10)14/h2,4,6,8,10,12,14-15H,3,5,7,9H2,1H3/t10-,12-,14-/m0/s1. The van der Waals surface area contributed by atoms with Crippen molar-refractivity contribution in [1.29, 1.82) is 0 Å². The quantitative estimate of drug-likeness (QED) is 0.673. The van der Waals surface area contributed by atoms with E-state index in [1.54, 1.807) is 0 Å². The largest absolute Gasteiger partial charge is 0.382 e. The minimum Gasteiger partial charge on any atom is -0.382 e. The maximum Gasteiger partial charge on any atom is 0.0377 e. The normalized spacial score (nSPS) is 33.8. The van der Waals surface area contributed by atoms with Crippen LogP contribution >= 0.6 is 0 Å². The highest BCUT2D eigenvalue weighted by atomic mass is 14.9. The van der Waals surface area contributed by atoms with Crippen molar-refractivity contribution in [3.05, 3.63) is 29.8 Å². The van der Waals surface area contributed by atoms with Crippen molar-refractivity contribution in [2.75, 3.05) is 5.32 Å². The fraction of sp³-hybridized carbons (Fsp3) is 0.571. The summed E-state index contributed by atoms with van der Waals surface area (Å²) >= 11 is 0. The fourth-order valence-electron chi connectivity index (χ4n) is 3.39. The first-order chi connectivity index (χ1) is 7.36. The molecule has 15 heavy (non-hydrogen) atoms. The van der Waals surface area contributed by atoms with Gasteiger partial charge in [-0.1, -0.05) is 38.0 Å². The van der Waals surface area contributed by atoms with E-state index in [9.17, 15) is 0 Å². The van der Waals surface area contributed by atoms with Crippen LogP contribution in [-0.4, -0.2) is 6.04 Å². The molecular weight excluding hydrogens is 182 g/mol. The number of benzene rings is 1. The summed E-state index contributed by atoms with van der Waals surface area (Å²) in [6, 6.07) is 9.57. The van der Waals surface area contributed by atoms with Gasteiger partial charge in [-0.3, -0.25) is 0 Å². The molecule has 0 unspecified atom stereocenters. The molecular formula is C14H19N. The van der Waals surface area contributed by atoms with Crippen LogP contribution in [0.15, 0.2) is 24.3 Å². The van der Waals surface area contributed by atoms with Gasteiger partial charge in [0.1, 0.15) is 0 Å². The predicted octanol–water partition coefficient (Wildman–Crippen LogP) is 3.77. The lowest BCUT2D eigenvalue weighted by Crippen LogP contribution is -2.39. The van der Waals surface area contributed by atoms with Gasteiger partial charge in [-0.2, -0.15) is 0 Å². The SMILES string of the molecule is C[C@H]1c2ccccc2N[C@H]2CCCC[C@H]21. The van der Waals surface area contributed by atoms with E-state index >= 15 is 0 Å². The molecule has 2 aliphatic rings. The van der Waals surface area contributed by atoms with E-state index in [1.807, 2.05) is 0 Å². The molecule has 1 aromatic carbocycles. The van der Waals surface area contributed by atoms with Crippen molar-refractivity contribution in [2.24, 2.45) is 5.92 Å². The first-order valence-corrected chi connectivity index (χ1v) is 6.22. The fourth-order valence-corrected chi connectivity index (χ4v) is 3.39. The van der Waals surface area contributed by atoms with E-state index in [0.29, 0.717) is 0 Å². The highest BCUT2D eigenvalue weighted by molar-refractivity contribution is 5.56. The summed E-state index contributed by atoms with van der Waals surface area (Å²) in [4.78, 5) is 0. The summed E-state index contributed by atoms with van der Waals surface area (Å²) in [5, 5.41) is 3.73. The van der Waals surface area contributed by atoms with Gasteiger partial charge in [0.05, 0.1) is 0 Å². The summed E-state index contributed by atoms with van der Waals surface area (Å²) in [5.74, 6) is 1.61. The van der Waals surface area contributed by atoms with Crippen molar-refractivity contribution < 1.29 is 0 Å². The summed E-state index contributed by atoms with van der Waals surface area (Å²) in [6.45, 7) is 2.41. The molecule has 0 spiro atoms. The second-order valence-electron chi connectivity index (χ2n) is 5.08. The third-order valence-corrected chi connectivity index (χ3v) is 4.25. The van der Waals surface area contributed by atoms with E-state index in [1.165, 1.54) is 36.9 Å². The van der Waals surface area contributed by atoms with Gasteiger partial charge in [0.2, 0.25) is 0 Å². The maximum absolute atomic E-state index is 3.73. The molecule has 1 aliphatic heterocycles. The summed E-state index contributed by atoms with van der Waals surface area (Å²) < 4.78 is 0. The van der Waals surface area contributed by atoms with Crippen molar-refractivity contribution >= 4 is 5.69 Å². The molecule has 1 heteroatoms. The topological polar surface area (TPSA) is 12.0 Å². The van der Waals surface area contributed by atoms with Crippen molar-refractivity contribution in [1.82, 2.24) is 0 Å². The second kappa shape index (κ2) is 3.55. The minimum absolute atomic E-state index is 0.739. The maximum atomic E-state index is 3.73. The Morgan fingerprint density at radius 2 is 1.93 bits per heavy atom. The number of fused-ring (bicyclic) bond motifs is 2. The zero-order chi connectivity index (χ0) is 10.3. The van der Waals surface area contributed by atoms with Crippen molar-refractivity contribution in [3.8, 4) is 0 Å². The van der Waals surface area contributed by atoms with Crippen molar-refractivity contribution in [2.45, 2.75) is 44.6 Å². The van der Waals surface area contributed by atoms with Gasteiger partial charge in [-0.25, -0.2) is 0 Å². The Hall–Kier alpha value is -0.980. The van der Waals surface area contributed by atoms with Crippen LogP contribution in [0.3, 0.4) is 0 Å². The number of para-hydroxylation sites is 1. The van der Waals surface area contributed by atoms with Gasteiger partial charge in [0, 0.05) is 11.7 Å². The van der Waals surface area contributed by atoms with Gasteiger partial charge in [-0.15, -0.1) is 0 Å². The molecule has 0 bridgehead atoms. The number of hydrogen-bond acceptors (Lipinski definition) is 1. The zero-order valence-electron chi connectivity index (χ0n) is 9.37. The van der Waals surface area contributed by atoms with Crippen LogP contribution in [0.5, 0.6) is 0 Å². The van der Waals surface area contributed by atoms with Gasteiger partial charge in [-0.05, 0) is 36.3 Å². The summed E-state index contributed by atoms with van der Waals surface area (Å²) in [7, 11) is 0. The Kier molecular flexibility index (Phi) is 2.19. The Morgan fingerprint density at radius 1 is 1.13 bits per heavy atom. The minimum atomic E-state index is 0.739. The molecule has 1 fully saturated rings. The lowest BCUT2D eigenvalue weighted by atomic mass is 9.72. The van der Waals surface area contributed by atoms with Gasteiger partial charge >= 0.3 is 0 Å². The molecule has 0 amide bonds. The molecule has 0 aromatic heterocycles. The Labute approximate surface area is 91.9 Å². The van der Waals surface area contributed by atoms with Crippen molar-refractivity contribution in [3.63, 3.8) is 0 Å². The number of rotatable bonds is 0. The molecule has 1 aliphatic carbocycles. The Bertz CT molecular complexity index is 358. The third-order valence-electron chi connectivity index (χ3n) is 4.25. The Balaban J connectivity index is 1.98. The molecule has 3 rings (SSSR count). The average Bonchev–Trinajstić information content (AvgIpc) is 2.30. The molecule has 1 saturated carbocycles. The highest BCUT2D eigenvalue weighted by Gasteiger charge is 2.34. The van der Waals surface area contributed by atoms with Gasteiger partial charge < -0.3 is 5.32 Å². The monoisotopic (exact) mass is 201 g/mol. The first-order valence-electron chi connectivity index (χ1n) is 6.22. The van der Waals surface area contributed by atoms with Crippen LogP contribution in [0, 0.1) is 5.92 Å². The first kappa shape index (κ1) is 9.26. The van der Waals surface area contributed by atoms with Crippen LogP contribution < -0.4 is 5.32 Å². The predicted molar refractivity (Wildman–Crippen MR) is 64.2 cm³/mol. The summed E-state index contributed by atoms with van der Waals surface area (Å²) in [6.07, 6.45) is 5.61. The molecule has 80 valence electrons. The number of anilines is 1. The molecule has 0 saturated heterocycles. The highest BCUT2D eigenvalue weighted by Crippen LogP contribution is 2.43. The van der Waals surface area contributed by atoms with E-state index < -0.39 is 0 Å². The zero-order valence-corrected chi connectivity index (χ0v) is 9.37. The number of nitrogens with one attached hydrogen (secondary N) is 1. The lowest BCUT2D eigenvalue weighted by Gasteiger charge is -2.42. The van der Waals surface area contributed by atoms with E-state index in [4.69, 9.17) is 0 Å². The lowest BCUT2D eigenvalue weighted by molar-refractivity contribution is 0.278. The Morgan fingerprint density at radius 3 is 2.87 bits per heavy atom. The van der Waals surface area contributed by atoms with Gasteiger partial charge in [0.15, 0.2) is 0 Å². The van der Waals surface area contributed by atoms with Crippen LogP contribution in [-0.2, 0) is 0 Å². The molecule has 3 atom stereocenters. The summed E-state index contributed by atoms with van der Waals surface area (Å²) in [5.41, 5.74) is 2.91. The molecule has 1 nitrogen and oxygen atoms in total. The average molecular weight is 201 g/mol. The molecule has 1 N–H and O–H groups in total. The number of hydrogen-bond donors (Lipinski definition) is 1. The second-order valence-corrected chi connectivity index (χ2v) is 5.08. The van der Waals surface area contributed by atoms with E-state index in [-0.39, 0.29) is 0 Å². The molecule has 1 heterocycles. The molecule has 1 aromatic rings. The van der Waals surface area contributed by atoms with E-state index in [2.05, 4.69) is 36.5 Å². The van der Waals surface area contributed by atoms with Crippen LogP contribution in [0.25, 0.3) is 0 Å².